The van der Waals surface area contributed by atoms with Crippen molar-refractivity contribution in [1.29, 1.82) is 0 Å². The Morgan fingerprint density at radius 1 is 1.13 bits per heavy atom. The maximum atomic E-state index is 4.66. The molecule has 0 aliphatic rings. The topological polar surface area (TPSA) is 30.2 Å². The highest BCUT2D eigenvalue weighted by molar-refractivity contribution is 5.40. The first kappa shape index (κ1) is 10.1. The van der Waals surface area contributed by atoms with Gasteiger partial charge >= 0.3 is 0 Å². The van der Waals surface area contributed by atoms with Crippen molar-refractivity contribution in [2.75, 3.05) is 0 Å². The lowest BCUT2D eigenvalue weighted by Gasteiger charge is -2.14. The smallest absolute Gasteiger partial charge is 0.156 e. The van der Waals surface area contributed by atoms with Crippen LogP contribution in [0.15, 0.2) is 18.7 Å². The summed E-state index contributed by atoms with van der Waals surface area (Å²) in [6.45, 7) is 8.76. The van der Waals surface area contributed by atoms with E-state index in [9.17, 15) is 0 Å². The van der Waals surface area contributed by atoms with E-state index in [1.165, 1.54) is 11.3 Å². The summed E-state index contributed by atoms with van der Waals surface area (Å²) in [6, 6.07) is 0. The van der Waals surface area contributed by atoms with Gasteiger partial charge in [-0.2, -0.15) is 0 Å². The molecule has 0 amide bonds. The number of fused-ring (bicyclic) bond motifs is 1. The minimum atomic E-state index is 0.460. The first-order valence-electron chi connectivity index (χ1n) is 5.42. The molecule has 0 bridgehead atoms. The second kappa shape index (κ2) is 3.65. The van der Waals surface area contributed by atoms with Crippen LogP contribution in [0, 0.1) is 0 Å². The molecule has 0 N–H and O–H groups in total. The Hall–Kier alpha value is -1.38. The Labute approximate surface area is 90.2 Å². The summed E-state index contributed by atoms with van der Waals surface area (Å²) >= 11 is 0. The van der Waals surface area contributed by atoms with Crippen LogP contribution in [-0.4, -0.2) is 14.4 Å². The Balaban J connectivity index is 2.68. The third kappa shape index (κ3) is 1.74. The van der Waals surface area contributed by atoms with Gasteiger partial charge in [-0.15, -0.1) is 0 Å². The van der Waals surface area contributed by atoms with E-state index in [1.807, 2.05) is 4.40 Å². The molecule has 0 atom stereocenters. The van der Waals surface area contributed by atoms with E-state index in [0.717, 1.165) is 5.65 Å². The largest absolute Gasteiger partial charge is 0.290 e. The molecule has 2 aromatic heterocycles. The van der Waals surface area contributed by atoms with Gasteiger partial charge in [-0.1, -0.05) is 27.7 Å². The van der Waals surface area contributed by atoms with Crippen LogP contribution in [-0.2, 0) is 0 Å². The third-order valence-corrected chi connectivity index (χ3v) is 2.62. The molecule has 0 unspecified atom stereocenters. The second-order valence-corrected chi connectivity index (χ2v) is 4.55. The fourth-order valence-corrected chi connectivity index (χ4v) is 1.79. The molecule has 0 radical (unpaired) electrons. The predicted molar refractivity (Wildman–Crippen MR) is 61.2 cm³/mol. The normalized spacial score (nSPS) is 11.9. The van der Waals surface area contributed by atoms with Crippen molar-refractivity contribution < 1.29 is 0 Å². The zero-order valence-electron chi connectivity index (χ0n) is 9.73. The molecule has 0 saturated carbocycles. The van der Waals surface area contributed by atoms with Crippen LogP contribution in [0.5, 0.6) is 0 Å². The monoisotopic (exact) mass is 203 g/mol. The highest BCUT2D eigenvalue weighted by Crippen LogP contribution is 2.24. The molecule has 2 heterocycles. The molecule has 80 valence electrons. The minimum Gasteiger partial charge on any atom is -0.290 e. The lowest BCUT2D eigenvalue weighted by atomic mass is 9.97. The standard InChI is InChI=1S/C12H17N3/c1-8(2)10-6-15-7-13-5-11(15)14-12(10)9(3)4/h5-9H,1-4H3. The van der Waals surface area contributed by atoms with Crippen LogP contribution in [0.3, 0.4) is 0 Å². The van der Waals surface area contributed by atoms with Gasteiger partial charge in [-0.05, 0) is 17.4 Å². The van der Waals surface area contributed by atoms with Gasteiger partial charge in [0.25, 0.3) is 0 Å². The highest BCUT2D eigenvalue weighted by atomic mass is 15.0. The Bertz CT molecular complexity index is 427. The number of aromatic nitrogens is 3. The summed E-state index contributed by atoms with van der Waals surface area (Å²) in [5.74, 6) is 0.962. The quantitative estimate of drug-likeness (QED) is 0.751. The molecular weight excluding hydrogens is 186 g/mol. The number of hydrogen-bond acceptors (Lipinski definition) is 2. The van der Waals surface area contributed by atoms with Gasteiger partial charge in [0.2, 0.25) is 0 Å². The Morgan fingerprint density at radius 3 is 2.47 bits per heavy atom. The van der Waals surface area contributed by atoms with Gasteiger partial charge in [0.1, 0.15) is 6.33 Å². The highest BCUT2D eigenvalue weighted by Gasteiger charge is 2.13. The van der Waals surface area contributed by atoms with Crippen LogP contribution < -0.4 is 0 Å². The molecule has 15 heavy (non-hydrogen) atoms. The molecule has 2 aromatic rings. The Morgan fingerprint density at radius 2 is 1.87 bits per heavy atom. The lowest BCUT2D eigenvalue weighted by Crippen LogP contribution is -2.04. The summed E-state index contributed by atoms with van der Waals surface area (Å²) < 4.78 is 1.99. The van der Waals surface area contributed by atoms with E-state index in [0.29, 0.717) is 11.8 Å². The van der Waals surface area contributed by atoms with Crippen LogP contribution in [0.4, 0.5) is 0 Å². The maximum Gasteiger partial charge on any atom is 0.156 e. The Kier molecular flexibility index (Phi) is 2.47. The molecule has 0 aliphatic carbocycles. The zero-order valence-corrected chi connectivity index (χ0v) is 9.73. The molecule has 0 aromatic carbocycles. The molecule has 0 spiro atoms. The molecule has 0 aliphatic heterocycles. The first-order chi connectivity index (χ1) is 7.09. The molecule has 3 nitrogen and oxygen atoms in total. The average Bonchev–Trinajstić information content (AvgIpc) is 2.61. The third-order valence-electron chi connectivity index (χ3n) is 2.62. The van der Waals surface area contributed by atoms with Gasteiger partial charge < -0.3 is 0 Å². The zero-order chi connectivity index (χ0) is 11.0. The summed E-state index contributed by atoms with van der Waals surface area (Å²) in [4.78, 5) is 8.76. The van der Waals surface area contributed by atoms with Crippen molar-refractivity contribution in [1.82, 2.24) is 14.4 Å². The lowest BCUT2D eigenvalue weighted by molar-refractivity contribution is 0.749. The number of hydrogen-bond donors (Lipinski definition) is 0. The van der Waals surface area contributed by atoms with Crippen molar-refractivity contribution in [2.45, 2.75) is 39.5 Å². The molecular formula is C12H17N3. The van der Waals surface area contributed by atoms with E-state index in [2.05, 4.69) is 43.9 Å². The maximum absolute atomic E-state index is 4.66. The van der Waals surface area contributed by atoms with Crippen LogP contribution in [0.2, 0.25) is 0 Å². The summed E-state index contributed by atoms with van der Waals surface area (Å²) in [6.07, 6.45) is 5.75. The van der Waals surface area contributed by atoms with Gasteiger partial charge in [-0.25, -0.2) is 9.97 Å². The van der Waals surface area contributed by atoms with Gasteiger partial charge in [-0.3, -0.25) is 4.40 Å². The first-order valence-corrected chi connectivity index (χ1v) is 5.42. The van der Waals surface area contributed by atoms with E-state index in [-0.39, 0.29) is 0 Å². The number of nitrogens with zero attached hydrogens (tertiary/aromatic N) is 3. The molecule has 2 rings (SSSR count). The predicted octanol–water partition coefficient (Wildman–Crippen LogP) is 2.98. The average molecular weight is 203 g/mol. The van der Waals surface area contributed by atoms with Crippen LogP contribution in [0.25, 0.3) is 5.65 Å². The van der Waals surface area contributed by atoms with Gasteiger partial charge in [0.15, 0.2) is 5.65 Å². The minimum absolute atomic E-state index is 0.460. The van der Waals surface area contributed by atoms with Crippen LogP contribution >= 0.6 is 0 Å². The van der Waals surface area contributed by atoms with E-state index < -0.39 is 0 Å². The molecule has 0 fully saturated rings. The fraction of sp³-hybridized carbons (Fsp3) is 0.500. The SMILES string of the molecule is CC(C)c1cn2cncc2nc1C(C)C. The summed E-state index contributed by atoms with van der Waals surface area (Å²) in [7, 11) is 0. The molecule has 3 heteroatoms. The number of imidazole rings is 1. The fourth-order valence-electron chi connectivity index (χ4n) is 1.79. The van der Waals surface area contributed by atoms with Crippen molar-refractivity contribution in [3.05, 3.63) is 30.0 Å². The van der Waals surface area contributed by atoms with Crippen molar-refractivity contribution in [3.8, 4) is 0 Å². The second-order valence-electron chi connectivity index (χ2n) is 4.55. The van der Waals surface area contributed by atoms with Gasteiger partial charge in [0.05, 0.1) is 11.9 Å². The van der Waals surface area contributed by atoms with E-state index >= 15 is 0 Å². The van der Waals surface area contributed by atoms with E-state index in [4.69, 9.17) is 0 Å². The summed E-state index contributed by atoms with van der Waals surface area (Å²) in [5.41, 5.74) is 3.44. The van der Waals surface area contributed by atoms with Crippen molar-refractivity contribution >= 4 is 5.65 Å². The molecule has 0 saturated heterocycles. The summed E-state index contributed by atoms with van der Waals surface area (Å²) in [5, 5.41) is 0. The van der Waals surface area contributed by atoms with Crippen molar-refractivity contribution in [3.63, 3.8) is 0 Å². The number of rotatable bonds is 2. The van der Waals surface area contributed by atoms with Crippen LogP contribution in [0.1, 0.15) is 50.8 Å². The van der Waals surface area contributed by atoms with E-state index in [1.54, 1.807) is 12.5 Å². The van der Waals surface area contributed by atoms with Crippen molar-refractivity contribution in [2.24, 2.45) is 0 Å². The van der Waals surface area contributed by atoms with Gasteiger partial charge in [0, 0.05) is 6.20 Å².